The zero-order valence-corrected chi connectivity index (χ0v) is 12.2. The van der Waals surface area contributed by atoms with Gasteiger partial charge in [0.15, 0.2) is 0 Å². The van der Waals surface area contributed by atoms with Gasteiger partial charge in [-0.3, -0.25) is 4.79 Å². The molecule has 8 heteroatoms. The number of rotatable bonds is 7. The lowest BCUT2D eigenvalue weighted by Gasteiger charge is -2.19. The van der Waals surface area contributed by atoms with Gasteiger partial charge < -0.3 is 9.84 Å². The molecule has 0 unspecified atom stereocenters. The van der Waals surface area contributed by atoms with Crippen molar-refractivity contribution < 1.29 is 27.9 Å². The van der Waals surface area contributed by atoms with Crippen LogP contribution < -0.4 is 0 Å². The SMILES string of the molecule is C=CCN(CC(=O)O)S(=O)(=O)c1ccccc1C(=O)OC. The Labute approximate surface area is 122 Å². The van der Waals surface area contributed by atoms with Crippen molar-refractivity contribution in [3.63, 3.8) is 0 Å². The number of carboxylic acid groups (broad SMARTS) is 1. The van der Waals surface area contributed by atoms with Crippen LogP contribution in [0.3, 0.4) is 0 Å². The molecule has 1 aromatic carbocycles. The summed E-state index contributed by atoms with van der Waals surface area (Å²) in [6.07, 6.45) is 1.27. The lowest BCUT2D eigenvalue weighted by Crippen LogP contribution is -2.36. The Morgan fingerprint density at radius 1 is 1.38 bits per heavy atom. The number of benzene rings is 1. The first-order valence-corrected chi connectivity index (χ1v) is 7.28. The number of methoxy groups -OCH3 is 1. The predicted molar refractivity (Wildman–Crippen MR) is 74.4 cm³/mol. The van der Waals surface area contributed by atoms with Gasteiger partial charge in [-0.15, -0.1) is 6.58 Å². The van der Waals surface area contributed by atoms with Crippen LogP contribution in [0.4, 0.5) is 0 Å². The summed E-state index contributed by atoms with van der Waals surface area (Å²) in [6.45, 7) is 2.48. The Bertz CT molecular complexity index is 652. The molecule has 0 amide bonds. The van der Waals surface area contributed by atoms with Crippen molar-refractivity contribution in [3.8, 4) is 0 Å². The van der Waals surface area contributed by atoms with Crippen LogP contribution >= 0.6 is 0 Å². The molecule has 7 nitrogen and oxygen atoms in total. The van der Waals surface area contributed by atoms with Gasteiger partial charge in [0.1, 0.15) is 6.54 Å². The average molecular weight is 313 g/mol. The summed E-state index contributed by atoms with van der Waals surface area (Å²) < 4.78 is 30.3. The van der Waals surface area contributed by atoms with Gasteiger partial charge >= 0.3 is 11.9 Å². The maximum absolute atomic E-state index is 12.5. The van der Waals surface area contributed by atoms with Crippen LogP contribution in [-0.2, 0) is 19.6 Å². The highest BCUT2D eigenvalue weighted by molar-refractivity contribution is 7.89. The topological polar surface area (TPSA) is 101 Å². The summed E-state index contributed by atoms with van der Waals surface area (Å²) in [7, 11) is -3.03. The zero-order chi connectivity index (χ0) is 16.0. The lowest BCUT2D eigenvalue weighted by molar-refractivity contribution is -0.137. The quantitative estimate of drug-likeness (QED) is 0.588. The number of hydrogen-bond donors (Lipinski definition) is 1. The Morgan fingerprint density at radius 3 is 2.52 bits per heavy atom. The first-order chi connectivity index (χ1) is 9.84. The first kappa shape index (κ1) is 16.9. The Hall–Kier alpha value is -2.19. The molecule has 0 spiro atoms. The molecule has 0 aliphatic heterocycles. The van der Waals surface area contributed by atoms with E-state index in [1.54, 1.807) is 0 Å². The smallest absolute Gasteiger partial charge is 0.339 e. The summed E-state index contributed by atoms with van der Waals surface area (Å²) in [5.74, 6) is -2.13. The van der Waals surface area contributed by atoms with Crippen molar-refractivity contribution in [3.05, 3.63) is 42.5 Å². The number of sulfonamides is 1. The van der Waals surface area contributed by atoms with Crippen molar-refractivity contribution in [1.29, 1.82) is 0 Å². The second-order valence-electron chi connectivity index (χ2n) is 3.97. The molecule has 0 aliphatic carbocycles. The van der Waals surface area contributed by atoms with Crippen LogP contribution in [0.5, 0.6) is 0 Å². The molecule has 0 saturated heterocycles. The van der Waals surface area contributed by atoms with Crippen LogP contribution in [0.2, 0.25) is 0 Å². The third-order valence-corrected chi connectivity index (χ3v) is 4.42. The van der Waals surface area contributed by atoms with E-state index in [-0.39, 0.29) is 17.0 Å². The monoisotopic (exact) mass is 313 g/mol. The van der Waals surface area contributed by atoms with Gasteiger partial charge in [0.25, 0.3) is 0 Å². The number of aliphatic carboxylic acids is 1. The molecular weight excluding hydrogens is 298 g/mol. The summed E-state index contributed by atoms with van der Waals surface area (Å²) in [6, 6.07) is 5.44. The van der Waals surface area contributed by atoms with Crippen molar-refractivity contribution in [2.24, 2.45) is 0 Å². The van der Waals surface area contributed by atoms with E-state index in [0.29, 0.717) is 4.31 Å². The van der Waals surface area contributed by atoms with Gasteiger partial charge in [-0.1, -0.05) is 18.2 Å². The van der Waals surface area contributed by atoms with Crippen LogP contribution in [0.15, 0.2) is 41.8 Å². The third-order valence-electron chi connectivity index (χ3n) is 2.55. The highest BCUT2D eigenvalue weighted by Gasteiger charge is 2.29. The maximum Gasteiger partial charge on any atom is 0.339 e. The fourth-order valence-corrected chi connectivity index (χ4v) is 3.19. The minimum absolute atomic E-state index is 0.153. The van der Waals surface area contributed by atoms with Gasteiger partial charge in [0.2, 0.25) is 10.0 Å². The molecule has 0 aromatic heterocycles. The molecule has 0 heterocycles. The van der Waals surface area contributed by atoms with Gasteiger partial charge in [-0.2, -0.15) is 4.31 Å². The number of nitrogens with zero attached hydrogens (tertiary/aromatic N) is 1. The lowest BCUT2D eigenvalue weighted by atomic mass is 10.2. The molecule has 114 valence electrons. The number of carbonyl (C=O) groups excluding carboxylic acids is 1. The second-order valence-corrected chi connectivity index (χ2v) is 5.87. The molecule has 0 fully saturated rings. The van der Waals surface area contributed by atoms with Crippen molar-refractivity contribution >= 4 is 22.0 Å². The maximum atomic E-state index is 12.5. The summed E-state index contributed by atoms with van der Waals surface area (Å²) in [5, 5.41) is 8.81. The van der Waals surface area contributed by atoms with Gasteiger partial charge in [0, 0.05) is 6.54 Å². The molecule has 0 radical (unpaired) electrons. The molecule has 0 saturated carbocycles. The van der Waals surface area contributed by atoms with E-state index >= 15 is 0 Å². The van der Waals surface area contributed by atoms with E-state index in [2.05, 4.69) is 11.3 Å². The van der Waals surface area contributed by atoms with Gasteiger partial charge in [-0.05, 0) is 12.1 Å². The zero-order valence-electron chi connectivity index (χ0n) is 11.4. The normalized spacial score (nSPS) is 11.1. The number of carbonyl (C=O) groups is 2. The summed E-state index contributed by atoms with van der Waals surface area (Å²) in [5.41, 5.74) is -0.153. The van der Waals surface area contributed by atoms with Crippen LogP contribution in [0.25, 0.3) is 0 Å². The van der Waals surface area contributed by atoms with E-state index in [9.17, 15) is 18.0 Å². The standard InChI is InChI=1S/C13H15NO6S/c1-3-8-14(9-12(15)16)21(18,19)11-7-5-4-6-10(11)13(17)20-2/h3-7H,1,8-9H2,2H3,(H,15,16). The van der Waals surface area contributed by atoms with Gasteiger partial charge in [-0.25, -0.2) is 13.2 Å². The highest BCUT2D eigenvalue weighted by Crippen LogP contribution is 2.21. The van der Waals surface area contributed by atoms with E-state index in [4.69, 9.17) is 5.11 Å². The second kappa shape index (κ2) is 7.00. The summed E-state index contributed by atoms with van der Waals surface area (Å²) in [4.78, 5) is 22.1. The molecule has 0 aliphatic rings. The fourth-order valence-electron chi connectivity index (χ4n) is 1.65. The minimum atomic E-state index is -4.16. The van der Waals surface area contributed by atoms with E-state index in [1.807, 2.05) is 0 Å². The Morgan fingerprint density at radius 2 is 2.00 bits per heavy atom. The van der Waals surface area contributed by atoms with Crippen molar-refractivity contribution in [1.82, 2.24) is 4.31 Å². The number of ether oxygens (including phenoxy) is 1. The van der Waals surface area contributed by atoms with Crippen LogP contribution in [0, 0.1) is 0 Å². The Kier molecular flexibility index (Phi) is 5.62. The fraction of sp³-hybridized carbons (Fsp3) is 0.231. The van der Waals surface area contributed by atoms with E-state index < -0.39 is 28.5 Å². The average Bonchev–Trinajstić information content (AvgIpc) is 2.45. The molecule has 0 atom stereocenters. The largest absolute Gasteiger partial charge is 0.480 e. The minimum Gasteiger partial charge on any atom is -0.480 e. The number of esters is 1. The predicted octanol–water partition coefficient (Wildman–Crippen LogP) is 0.734. The van der Waals surface area contributed by atoms with Crippen LogP contribution in [-0.4, -0.2) is 50.0 Å². The van der Waals surface area contributed by atoms with Crippen LogP contribution in [0.1, 0.15) is 10.4 Å². The number of hydrogen-bond acceptors (Lipinski definition) is 5. The molecule has 1 rings (SSSR count). The first-order valence-electron chi connectivity index (χ1n) is 5.84. The van der Waals surface area contributed by atoms with E-state index in [0.717, 1.165) is 7.11 Å². The molecular formula is C13H15NO6S. The molecule has 1 aromatic rings. The van der Waals surface area contributed by atoms with Gasteiger partial charge in [0.05, 0.1) is 17.6 Å². The van der Waals surface area contributed by atoms with Crippen molar-refractivity contribution in [2.75, 3.05) is 20.2 Å². The summed E-state index contributed by atoms with van der Waals surface area (Å²) >= 11 is 0. The Balaban J connectivity index is 3.37. The third kappa shape index (κ3) is 3.89. The van der Waals surface area contributed by atoms with E-state index in [1.165, 1.54) is 30.3 Å². The highest BCUT2D eigenvalue weighted by atomic mass is 32.2. The number of carboxylic acids is 1. The molecule has 21 heavy (non-hydrogen) atoms. The van der Waals surface area contributed by atoms with Crippen molar-refractivity contribution in [2.45, 2.75) is 4.90 Å². The molecule has 0 bridgehead atoms. The molecule has 1 N–H and O–H groups in total.